The number of nitrogens with zero attached hydrogens (tertiary/aromatic N) is 3. The number of hydrogen-bond acceptors (Lipinski definition) is 4. The van der Waals surface area contributed by atoms with Crippen LogP contribution in [0, 0.1) is 6.92 Å². The van der Waals surface area contributed by atoms with Gasteiger partial charge in [-0.05, 0) is 55.2 Å². The molecule has 31 heavy (non-hydrogen) atoms. The van der Waals surface area contributed by atoms with Gasteiger partial charge in [0.1, 0.15) is 0 Å². The van der Waals surface area contributed by atoms with Crippen molar-refractivity contribution in [2.45, 2.75) is 37.6 Å². The Balaban J connectivity index is 1.69. The summed E-state index contributed by atoms with van der Waals surface area (Å²) in [4.78, 5) is 12.6. The Morgan fingerprint density at radius 3 is 2.39 bits per heavy atom. The highest BCUT2D eigenvalue weighted by atomic mass is 35.5. The molecule has 3 aromatic rings. The minimum atomic E-state index is -3.57. The van der Waals surface area contributed by atoms with Gasteiger partial charge in [0.05, 0.1) is 17.1 Å². The highest BCUT2D eigenvalue weighted by Gasteiger charge is 2.27. The van der Waals surface area contributed by atoms with Gasteiger partial charge >= 0.3 is 0 Å². The average molecular weight is 458 g/mol. The van der Waals surface area contributed by atoms with Gasteiger partial charge < -0.3 is 0 Å². The first-order chi connectivity index (χ1) is 14.8. The first-order valence-corrected chi connectivity index (χ1v) is 12.1. The summed E-state index contributed by atoms with van der Waals surface area (Å²) in [6.45, 7) is 3.20. The van der Waals surface area contributed by atoms with Crippen molar-refractivity contribution < 1.29 is 8.42 Å². The molecule has 0 N–H and O–H groups in total. The monoisotopic (exact) mass is 457 g/mol. The van der Waals surface area contributed by atoms with Gasteiger partial charge in [0.2, 0.25) is 10.0 Å². The number of aryl methyl sites for hydroxylation is 1. The third-order valence-corrected chi connectivity index (χ3v) is 7.82. The number of benzene rings is 2. The molecular weight excluding hydrogens is 434 g/mol. The minimum absolute atomic E-state index is 0.230. The number of rotatable bonds is 5. The van der Waals surface area contributed by atoms with Crippen molar-refractivity contribution in [2.24, 2.45) is 0 Å². The van der Waals surface area contributed by atoms with E-state index in [2.05, 4.69) is 5.10 Å². The standard InChI is InChI=1S/C23H24ClN3O3S/c1-17-5-8-19(15-22(17)31(29,30)26-13-3-2-4-14-26)21-11-12-23(28)27(25-21)16-18-6-9-20(24)10-7-18/h5-12,15H,2-4,13-14,16H2,1H3. The van der Waals surface area contributed by atoms with Crippen molar-refractivity contribution in [3.8, 4) is 11.3 Å². The molecule has 162 valence electrons. The second-order valence-corrected chi connectivity index (χ2v) is 10.1. The van der Waals surface area contributed by atoms with E-state index in [1.54, 1.807) is 41.6 Å². The summed E-state index contributed by atoms with van der Waals surface area (Å²) in [6, 6.07) is 15.6. The number of aromatic nitrogens is 2. The van der Waals surface area contributed by atoms with Gasteiger partial charge in [0.25, 0.3) is 5.56 Å². The minimum Gasteiger partial charge on any atom is -0.268 e. The van der Waals surface area contributed by atoms with Crippen LogP contribution in [0.25, 0.3) is 11.3 Å². The van der Waals surface area contributed by atoms with Crippen LogP contribution in [0.5, 0.6) is 0 Å². The topological polar surface area (TPSA) is 72.3 Å². The maximum Gasteiger partial charge on any atom is 0.267 e. The van der Waals surface area contributed by atoms with Gasteiger partial charge in [-0.2, -0.15) is 9.40 Å². The van der Waals surface area contributed by atoms with Crippen LogP contribution in [0.2, 0.25) is 5.02 Å². The molecule has 0 saturated carbocycles. The molecule has 1 fully saturated rings. The van der Waals surface area contributed by atoms with Crippen molar-refractivity contribution in [1.82, 2.24) is 14.1 Å². The molecule has 8 heteroatoms. The quantitative estimate of drug-likeness (QED) is 0.578. The van der Waals surface area contributed by atoms with E-state index in [4.69, 9.17) is 11.6 Å². The third kappa shape index (κ3) is 4.74. The Bertz CT molecular complexity index is 1250. The van der Waals surface area contributed by atoms with Gasteiger partial charge in [0.15, 0.2) is 0 Å². The molecule has 0 aliphatic carbocycles. The predicted molar refractivity (Wildman–Crippen MR) is 122 cm³/mol. The van der Waals surface area contributed by atoms with Gasteiger partial charge in [-0.3, -0.25) is 4.79 Å². The highest BCUT2D eigenvalue weighted by Crippen LogP contribution is 2.27. The van der Waals surface area contributed by atoms with E-state index in [0.29, 0.717) is 46.4 Å². The van der Waals surface area contributed by atoms with Crippen LogP contribution >= 0.6 is 11.6 Å². The lowest BCUT2D eigenvalue weighted by molar-refractivity contribution is 0.346. The van der Waals surface area contributed by atoms with Crippen LogP contribution in [-0.2, 0) is 16.6 Å². The maximum atomic E-state index is 13.2. The number of piperidine rings is 1. The summed E-state index contributed by atoms with van der Waals surface area (Å²) in [5.41, 5.74) is 2.57. The SMILES string of the molecule is Cc1ccc(-c2ccc(=O)n(Cc3ccc(Cl)cc3)n2)cc1S(=O)(=O)N1CCCCC1. The Labute approximate surface area is 187 Å². The molecule has 0 atom stereocenters. The van der Waals surface area contributed by atoms with Crippen LogP contribution in [-0.4, -0.2) is 35.6 Å². The van der Waals surface area contributed by atoms with Gasteiger partial charge in [-0.15, -0.1) is 0 Å². The molecule has 1 saturated heterocycles. The highest BCUT2D eigenvalue weighted by molar-refractivity contribution is 7.89. The lowest BCUT2D eigenvalue weighted by Gasteiger charge is -2.26. The van der Waals surface area contributed by atoms with Crippen LogP contribution in [0.15, 0.2) is 64.3 Å². The summed E-state index contributed by atoms with van der Waals surface area (Å²) in [5, 5.41) is 5.11. The lowest BCUT2D eigenvalue weighted by Crippen LogP contribution is -2.36. The van der Waals surface area contributed by atoms with Gasteiger partial charge in [-0.25, -0.2) is 13.1 Å². The zero-order valence-electron chi connectivity index (χ0n) is 17.3. The second-order valence-electron chi connectivity index (χ2n) is 7.79. The number of sulfonamides is 1. The second kappa shape index (κ2) is 8.94. The first kappa shape index (κ1) is 21.7. The fraction of sp³-hybridized carbons (Fsp3) is 0.304. The largest absolute Gasteiger partial charge is 0.268 e. The average Bonchev–Trinajstić information content (AvgIpc) is 2.77. The Hall–Kier alpha value is -2.48. The Morgan fingerprint density at radius 2 is 1.68 bits per heavy atom. The molecule has 0 amide bonds. The predicted octanol–water partition coefficient (Wildman–Crippen LogP) is 4.10. The maximum absolute atomic E-state index is 13.2. The van der Waals surface area contributed by atoms with Crippen molar-refractivity contribution in [2.75, 3.05) is 13.1 Å². The molecule has 2 heterocycles. The Kier molecular flexibility index (Phi) is 6.27. The van der Waals surface area contributed by atoms with E-state index >= 15 is 0 Å². The zero-order valence-corrected chi connectivity index (χ0v) is 18.9. The molecule has 0 spiro atoms. The molecule has 6 nitrogen and oxygen atoms in total. The molecule has 1 aromatic heterocycles. The fourth-order valence-corrected chi connectivity index (χ4v) is 5.65. The number of halogens is 1. The smallest absolute Gasteiger partial charge is 0.267 e. The zero-order chi connectivity index (χ0) is 22.0. The summed E-state index contributed by atoms with van der Waals surface area (Å²) in [5.74, 6) is 0. The molecule has 0 unspecified atom stereocenters. The summed E-state index contributed by atoms with van der Waals surface area (Å²) >= 11 is 5.93. The fourth-order valence-electron chi connectivity index (χ4n) is 3.76. The van der Waals surface area contributed by atoms with E-state index in [-0.39, 0.29) is 5.56 Å². The van der Waals surface area contributed by atoms with Gasteiger partial charge in [0, 0.05) is 29.7 Å². The van der Waals surface area contributed by atoms with Crippen LogP contribution < -0.4 is 5.56 Å². The van der Waals surface area contributed by atoms with E-state index in [9.17, 15) is 13.2 Å². The van der Waals surface area contributed by atoms with E-state index in [0.717, 1.165) is 24.8 Å². The molecule has 1 aliphatic rings. The van der Waals surface area contributed by atoms with E-state index in [1.165, 1.54) is 10.7 Å². The van der Waals surface area contributed by atoms with Crippen molar-refractivity contribution in [3.05, 3.63) is 81.1 Å². The molecule has 0 radical (unpaired) electrons. The normalized spacial score (nSPS) is 15.2. The molecule has 1 aliphatic heterocycles. The van der Waals surface area contributed by atoms with Crippen LogP contribution in [0.4, 0.5) is 0 Å². The van der Waals surface area contributed by atoms with Crippen molar-refractivity contribution in [3.63, 3.8) is 0 Å². The lowest BCUT2D eigenvalue weighted by atomic mass is 10.1. The Morgan fingerprint density at radius 1 is 0.968 bits per heavy atom. The number of hydrogen-bond donors (Lipinski definition) is 0. The summed E-state index contributed by atoms with van der Waals surface area (Å²) < 4.78 is 29.4. The third-order valence-electron chi connectivity index (χ3n) is 5.53. The van der Waals surface area contributed by atoms with Crippen molar-refractivity contribution >= 4 is 21.6 Å². The van der Waals surface area contributed by atoms with E-state index < -0.39 is 10.0 Å². The molecular formula is C23H24ClN3O3S. The van der Waals surface area contributed by atoms with Crippen molar-refractivity contribution in [1.29, 1.82) is 0 Å². The van der Waals surface area contributed by atoms with Gasteiger partial charge in [-0.1, -0.05) is 42.3 Å². The summed E-state index contributed by atoms with van der Waals surface area (Å²) in [7, 11) is -3.57. The first-order valence-electron chi connectivity index (χ1n) is 10.3. The van der Waals surface area contributed by atoms with E-state index in [1.807, 2.05) is 18.2 Å². The van der Waals surface area contributed by atoms with Crippen LogP contribution in [0.1, 0.15) is 30.4 Å². The molecule has 0 bridgehead atoms. The molecule has 2 aromatic carbocycles. The molecule has 4 rings (SSSR count). The van der Waals surface area contributed by atoms with Crippen LogP contribution in [0.3, 0.4) is 0 Å². The summed E-state index contributed by atoms with van der Waals surface area (Å²) in [6.07, 6.45) is 2.83.